The van der Waals surface area contributed by atoms with Crippen LogP contribution >= 0.6 is 0 Å². The number of aryl methyl sites for hydroxylation is 1. The minimum atomic E-state index is -0.404. The summed E-state index contributed by atoms with van der Waals surface area (Å²) in [6.07, 6.45) is 0. The van der Waals surface area contributed by atoms with Crippen LogP contribution in [-0.2, 0) is 17.9 Å². The fraction of sp³-hybridized carbons (Fsp3) is 0.185. The zero-order valence-electron chi connectivity index (χ0n) is 19.1. The molecule has 7 nitrogen and oxygen atoms in total. The van der Waals surface area contributed by atoms with Gasteiger partial charge in [0.05, 0.1) is 5.52 Å². The lowest BCUT2D eigenvalue weighted by molar-refractivity contribution is -0.116. The van der Waals surface area contributed by atoms with Gasteiger partial charge >= 0.3 is 0 Å². The van der Waals surface area contributed by atoms with E-state index in [1.807, 2.05) is 43.3 Å². The molecule has 3 aromatic carbocycles. The summed E-state index contributed by atoms with van der Waals surface area (Å²) in [5.41, 5.74) is 3.25. The molecule has 1 aliphatic rings. The van der Waals surface area contributed by atoms with E-state index in [4.69, 9.17) is 9.47 Å². The fourth-order valence-electron chi connectivity index (χ4n) is 4.01. The standard InChI is InChI=1S/C27H24FN3O4/c1-17-2-6-21(7-3-17)29-15-19-12-18-13-24-25(35-11-10-34-24)14-23(18)31(27(19)33)16-26(32)30-22-8-4-20(28)5-9-22/h2-9,12-14,29H,10-11,15-16H2,1H3,(H,30,32). The molecule has 0 radical (unpaired) electrons. The maximum atomic E-state index is 13.5. The van der Waals surface area contributed by atoms with Gasteiger partial charge in [-0.25, -0.2) is 4.39 Å². The van der Waals surface area contributed by atoms with Crippen LogP contribution in [0.2, 0.25) is 0 Å². The highest BCUT2D eigenvalue weighted by Crippen LogP contribution is 2.34. The number of hydrogen-bond donors (Lipinski definition) is 2. The van der Waals surface area contributed by atoms with Crippen LogP contribution in [0.4, 0.5) is 15.8 Å². The number of hydrogen-bond acceptors (Lipinski definition) is 5. The highest BCUT2D eigenvalue weighted by atomic mass is 19.1. The molecule has 5 rings (SSSR count). The summed E-state index contributed by atoms with van der Waals surface area (Å²) >= 11 is 0. The molecule has 35 heavy (non-hydrogen) atoms. The van der Waals surface area contributed by atoms with E-state index in [1.165, 1.54) is 28.8 Å². The Morgan fingerprint density at radius 1 is 0.943 bits per heavy atom. The zero-order chi connectivity index (χ0) is 24.4. The summed E-state index contributed by atoms with van der Waals surface area (Å²) in [5.74, 6) is 0.327. The van der Waals surface area contributed by atoms with Crippen molar-refractivity contribution in [1.29, 1.82) is 0 Å². The van der Waals surface area contributed by atoms with E-state index >= 15 is 0 Å². The number of amides is 1. The Bertz CT molecular complexity index is 1450. The van der Waals surface area contributed by atoms with Crippen molar-refractivity contribution in [3.63, 3.8) is 0 Å². The van der Waals surface area contributed by atoms with Gasteiger partial charge in [0.15, 0.2) is 11.5 Å². The Kier molecular flexibility index (Phi) is 6.10. The number of carbonyl (C=O) groups excluding carboxylic acids is 1. The first kappa shape index (κ1) is 22.5. The zero-order valence-corrected chi connectivity index (χ0v) is 19.1. The van der Waals surface area contributed by atoms with Gasteiger partial charge in [0.1, 0.15) is 25.6 Å². The van der Waals surface area contributed by atoms with E-state index in [2.05, 4.69) is 10.6 Å². The largest absolute Gasteiger partial charge is 0.486 e. The summed E-state index contributed by atoms with van der Waals surface area (Å²) in [7, 11) is 0. The van der Waals surface area contributed by atoms with E-state index in [1.54, 1.807) is 6.07 Å². The molecule has 0 spiro atoms. The van der Waals surface area contributed by atoms with E-state index in [0.717, 1.165) is 16.6 Å². The molecule has 178 valence electrons. The van der Waals surface area contributed by atoms with Gasteiger partial charge in [0.2, 0.25) is 5.91 Å². The first-order valence-electron chi connectivity index (χ1n) is 11.3. The average Bonchev–Trinajstić information content (AvgIpc) is 2.86. The number of anilines is 2. The van der Waals surface area contributed by atoms with Gasteiger partial charge in [-0.2, -0.15) is 0 Å². The van der Waals surface area contributed by atoms with Crippen molar-refractivity contribution in [2.45, 2.75) is 20.0 Å². The van der Waals surface area contributed by atoms with Gasteiger partial charge in [0.25, 0.3) is 5.56 Å². The van der Waals surface area contributed by atoms with Crippen LogP contribution in [0, 0.1) is 12.7 Å². The SMILES string of the molecule is Cc1ccc(NCc2cc3cc4c(cc3n(CC(=O)Nc3ccc(F)cc3)c2=O)OCCO4)cc1. The molecule has 2 N–H and O–H groups in total. The lowest BCUT2D eigenvalue weighted by atomic mass is 10.1. The maximum absolute atomic E-state index is 13.5. The van der Waals surface area contributed by atoms with Crippen molar-refractivity contribution in [3.8, 4) is 11.5 Å². The van der Waals surface area contributed by atoms with E-state index < -0.39 is 11.7 Å². The predicted octanol–water partition coefficient (Wildman–Crippen LogP) is 4.47. The third kappa shape index (κ3) is 4.96. The summed E-state index contributed by atoms with van der Waals surface area (Å²) in [4.78, 5) is 26.3. The van der Waals surface area contributed by atoms with Crippen molar-refractivity contribution >= 4 is 28.2 Å². The molecule has 0 saturated carbocycles. The van der Waals surface area contributed by atoms with E-state index in [-0.39, 0.29) is 18.6 Å². The van der Waals surface area contributed by atoms with Crippen molar-refractivity contribution in [2.24, 2.45) is 0 Å². The van der Waals surface area contributed by atoms with Crippen molar-refractivity contribution in [2.75, 3.05) is 23.8 Å². The highest BCUT2D eigenvalue weighted by Gasteiger charge is 2.18. The Labute approximate surface area is 201 Å². The van der Waals surface area contributed by atoms with Gasteiger partial charge in [-0.05, 0) is 55.5 Å². The second kappa shape index (κ2) is 9.50. The fourth-order valence-corrected chi connectivity index (χ4v) is 4.01. The maximum Gasteiger partial charge on any atom is 0.256 e. The minimum absolute atomic E-state index is 0.218. The van der Waals surface area contributed by atoms with Gasteiger partial charge in [0, 0.05) is 34.9 Å². The number of carbonyl (C=O) groups is 1. The van der Waals surface area contributed by atoms with Crippen LogP contribution in [0.1, 0.15) is 11.1 Å². The van der Waals surface area contributed by atoms with Gasteiger partial charge in [-0.15, -0.1) is 0 Å². The Morgan fingerprint density at radius 3 is 2.31 bits per heavy atom. The topological polar surface area (TPSA) is 81.6 Å². The summed E-state index contributed by atoms with van der Waals surface area (Å²) < 4.78 is 26.0. The number of fused-ring (bicyclic) bond motifs is 2. The summed E-state index contributed by atoms with van der Waals surface area (Å²) in [5, 5.41) is 6.75. The number of nitrogens with zero attached hydrogens (tertiary/aromatic N) is 1. The van der Waals surface area contributed by atoms with E-state index in [0.29, 0.717) is 41.5 Å². The predicted molar refractivity (Wildman–Crippen MR) is 133 cm³/mol. The molecule has 1 aliphatic heterocycles. The number of nitrogens with one attached hydrogen (secondary N) is 2. The monoisotopic (exact) mass is 473 g/mol. The second-order valence-corrected chi connectivity index (χ2v) is 8.39. The molecule has 4 aromatic rings. The number of halogens is 1. The van der Waals surface area contributed by atoms with Crippen LogP contribution in [0.5, 0.6) is 11.5 Å². The molecular formula is C27H24FN3O4. The summed E-state index contributed by atoms with van der Waals surface area (Å²) in [6.45, 7) is 2.93. The second-order valence-electron chi connectivity index (χ2n) is 8.39. The third-order valence-corrected chi connectivity index (χ3v) is 5.80. The summed E-state index contributed by atoms with van der Waals surface area (Å²) in [6, 6.07) is 18.7. The normalized spacial score (nSPS) is 12.4. The number of benzene rings is 3. The van der Waals surface area contributed by atoms with Gasteiger partial charge in [-0.3, -0.25) is 14.2 Å². The van der Waals surface area contributed by atoms with Crippen LogP contribution in [0.25, 0.3) is 10.9 Å². The van der Waals surface area contributed by atoms with Crippen LogP contribution in [0.3, 0.4) is 0 Å². The number of aromatic nitrogens is 1. The first-order chi connectivity index (χ1) is 17.0. The van der Waals surface area contributed by atoms with E-state index in [9.17, 15) is 14.0 Å². The smallest absolute Gasteiger partial charge is 0.256 e. The third-order valence-electron chi connectivity index (χ3n) is 5.80. The van der Waals surface area contributed by atoms with Crippen LogP contribution < -0.4 is 25.7 Å². The Hall–Kier alpha value is -4.33. The lowest BCUT2D eigenvalue weighted by Crippen LogP contribution is -2.31. The van der Waals surface area contributed by atoms with Crippen molar-refractivity contribution in [1.82, 2.24) is 4.57 Å². The average molecular weight is 474 g/mol. The Morgan fingerprint density at radius 2 is 1.60 bits per heavy atom. The molecular weight excluding hydrogens is 449 g/mol. The molecule has 2 heterocycles. The van der Waals surface area contributed by atoms with Crippen molar-refractivity contribution in [3.05, 3.63) is 94.0 Å². The Balaban J connectivity index is 1.50. The highest BCUT2D eigenvalue weighted by molar-refractivity contribution is 5.92. The number of pyridine rings is 1. The van der Waals surface area contributed by atoms with Crippen LogP contribution in [-0.4, -0.2) is 23.7 Å². The number of rotatable bonds is 6. The molecule has 1 amide bonds. The quantitative estimate of drug-likeness (QED) is 0.432. The van der Waals surface area contributed by atoms with Gasteiger partial charge < -0.3 is 20.1 Å². The molecule has 0 bridgehead atoms. The lowest BCUT2D eigenvalue weighted by Gasteiger charge is -2.21. The first-order valence-corrected chi connectivity index (χ1v) is 11.3. The van der Waals surface area contributed by atoms with Crippen molar-refractivity contribution < 1.29 is 18.7 Å². The minimum Gasteiger partial charge on any atom is -0.486 e. The van der Waals surface area contributed by atoms with Crippen LogP contribution in [0.15, 0.2) is 71.5 Å². The molecule has 0 aliphatic carbocycles. The molecule has 8 heteroatoms. The number of ether oxygens (including phenoxy) is 2. The molecule has 0 fully saturated rings. The molecule has 1 aromatic heterocycles. The molecule has 0 unspecified atom stereocenters. The molecule has 0 atom stereocenters. The van der Waals surface area contributed by atoms with Gasteiger partial charge in [-0.1, -0.05) is 17.7 Å². The molecule has 0 saturated heterocycles.